The van der Waals surface area contributed by atoms with E-state index in [1.807, 2.05) is 6.07 Å². The Morgan fingerprint density at radius 1 is 0.475 bits per heavy atom. The van der Waals surface area contributed by atoms with E-state index in [9.17, 15) is 0 Å². The van der Waals surface area contributed by atoms with Crippen LogP contribution in [0, 0.1) is 23.2 Å². The van der Waals surface area contributed by atoms with Crippen LogP contribution in [0.25, 0.3) is 66.1 Å². The molecule has 9 aromatic rings. The highest BCUT2D eigenvalue weighted by atomic mass is 16.3. The van der Waals surface area contributed by atoms with Gasteiger partial charge in [0.2, 0.25) is 0 Å². The summed E-state index contributed by atoms with van der Waals surface area (Å²) in [5, 5.41) is 4.79. The quantitative estimate of drug-likeness (QED) is 0.167. The predicted octanol–water partition coefficient (Wildman–Crippen LogP) is 15.9. The van der Waals surface area contributed by atoms with Crippen molar-refractivity contribution in [2.24, 2.45) is 23.2 Å². The van der Waals surface area contributed by atoms with Crippen LogP contribution in [0.2, 0.25) is 0 Å². The number of rotatable bonds is 6. The first-order valence-electron chi connectivity index (χ1n) is 22.6. The molecule has 0 radical (unpaired) electrons. The summed E-state index contributed by atoms with van der Waals surface area (Å²) in [4.78, 5) is 2.40. The van der Waals surface area contributed by atoms with Gasteiger partial charge in [-0.1, -0.05) is 123 Å². The van der Waals surface area contributed by atoms with E-state index in [0.29, 0.717) is 10.8 Å². The van der Waals surface area contributed by atoms with Crippen LogP contribution in [0.5, 0.6) is 0 Å². The number of furan rings is 1. The molecule has 61 heavy (non-hydrogen) atoms. The highest BCUT2D eigenvalue weighted by Gasteiger charge is 2.80. The van der Waals surface area contributed by atoms with Crippen LogP contribution in [0.4, 0.5) is 17.1 Å². The maximum absolute atomic E-state index is 6.46. The zero-order valence-corrected chi connectivity index (χ0v) is 34.8. The molecule has 5 aliphatic carbocycles. The van der Waals surface area contributed by atoms with Gasteiger partial charge in [0.15, 0.2) is 0 Å². The van der Waals surface area contributed by atoms with Crippen molar-refractivity contribution in [1.82, 2.24) is 0 Å². The van der Waals surface area contributed by atoms with Gasteiger partial charge in [0.05, 0.1) is 0 Å². The molecule has 4 fully saturated rings. The molecule has 1 spiro atoms. The van der Waals surface area contributed by atoms with Gasteiger partial charge in [-0.25, -0.2) is 0 Å². The van der Waals surface area contributed by atoms with Crippen LogP contribution < -0.4 is 4.90 Å². The fraction of sp³-hybridized carbons (Fsp3) is 0.220. The number of fused-ring (bicyclic) bond motifs is 8. The maximum atomic E-state index is 6.46. The van der Waals surface area contributed by atoms with Crippen molar-refractivity contribution in [3.05, 3.63) is 187 Å². The average Bonchev–Trinajstić information content (AvgIpc) is 4.00. The fourth-order valence-corrected chi connectivity index (χ4v) is 14.2. The van der Waals surface area contributed by atoms with Gasteiger partial charge in [-0.05, 0) is 171 Å². The highest BCUT2D eigenvalue weighted by molar-refractivity contribution is 6.06. The fourth-order valence-electron chi connectivity index (χ4n) is 14.2. The molecule has 1 heterocycles. The second-order valence-corrected chi connectivity index (χ2v) is 19.9. The van der Waals surface area contributed by atoms with E-state index in [1.54, 1.807) is 5.56 Å². The molecule has 4 saturated carbocycles. The Labute approximate surface area is 357 Å². The van der Waals surface area contributed by atoms with E-state index in [4.69, 9.17) is 4.42 Å². The van der Waals surface area contributed by atoms with Gasteiger partial charge in [-0.3, -0.25) is 0 Å². The average molecular weight is 786 g/mol. The van der Waals surface area contributed by atoms with E-state index in [1.165, 1.54) is 87.4 Å². The zero-order chi connectivity index (χ0) is 40.2. The normalized spacial score (nSPS) is 24.7. The number of anilines is 3. The predicted molar refractivity (Wildman–Crippen MR) is 252 cm³/mol. The smallest absolute Gasteiger partial charge is 0.137 e. The number of nitrogens with zero attached hydrogens (tertiary/aromatic N) is 1. The van der Waals surface area contributed by atoms with Gasteiger partial charge in [0.25, 0.3) is 0 Å². The summed E-state index contributed by atoms with van der Waals surface area (Å²) in [5.41, 5.74) is 18.2. The van der Waals surface area contributed by atoms with E-state index in [0.717, 1.165) is 56.8 Å². The van der Waals surface area contributed by atoms with Crippen molar-refractivity contribution in [2.45, 2.75) is 56.8 Å². The molecular weight excluding hydrogens is 739 g/mol. The highest BCUT2D eigenvalue weighted by Crippen LogP contribution is 2.86. The van der Waals surface area contributed by atoms with Gasteiger partial charge >= 0.3 is 0 Å². The number of hydrogen-bond donors (Lipinski definition) is 0. The summed E-state index contributed by atoms with van der Waals surface area (Å²) >= 11 is 0. The Bertz CT molecular complexity index is 3300. The number of para-hydroxylation sites is 1. The topological polar surface area (TPSA) is 16.4 Å². The van der Waals surface area contributed by atoms with Crippen molar-refractivity contribution < 1.29 is 4.42 Å². The Morgan fingerprint density at radius 3 is 1.93 bits per heavy atom. The third kappa shape index (κ3) is 4.53. The summed E-state index contributed by atoms with van der Waals surface area (Å²) in [6.45, 7) is 4.82. The molecule has 0 saturated heterocycles. The summed E-state index contributed by atoms with van der Waals surface area (Å²) in [6, 6.07) is 63.6. The van der Waals surface area contributed by atoms with E-state index in [-0.39, 0.29) is 5.41 Å². The van der Waals surface area contributed by atoms with Gasteiger partial charge < -0.3 is 9.32 Å². The molecule has 2 bridgehead atoms. The van der Waals surface area contributed by atoms with E-state index >= 15 is 0 Å². The van der Waals surface area contributed by atoms with Crippen molar-refractivity contribution in [3.63, 3.8) is 0 Å². The molecule has 5 atom stereocenters. The van der Waals surface area contributed by atoms with Crippen molar-refractivity contribution in [2.75, 3.05) is 4.90 Å². The SMILES string of the molecule is CC1(C)c2cc(-c3ccc(C45CC6CC7CC(C4)C75C6)cc3)ccc2-c2ccc(N(c3ccc(-c4ccc5ccccc5c4)cc3)c3ccc4c(c3)oc3ccccc34)cc21. The number of benzene rings is 8. The lowest BCUT2D eigenvalue weighted by Gasteiger charge is -2.73. The molecule has 0 aliphatic heterocycles. The van der Waals surface area contributed by atoms with Gasteiger partial charge in [-0.2, -0.15) is 0 Å². The lowest BCUT2D eigenvalue weighted by molar-refractivity contribution is -0.198. The van der Waals surface area contributed by atoms with Crippen LogP contribution in [0.15, 0.2) is 174 Å². The molecule has 1 aromatic heterocycles. The minimum Gasteiger partial charge on any atom is -0.456 e. The molecule has 5 unspecified atom stereocenters. The standard InChI is InChI=1S/C59H47NO/c1-57(2)53-29-42(38-13-18-43(19-14-38)58-33-36-27-44-30-45(35-58)59(44,58)34-36)17-24-49(53)50-25-22-47(31-54(50)57)60(48-23-26-52-51-9-5-6-10-55(51)61-56(52)32-48)46-20-15-39(16-21-46)41-12-11-37-7-3-4-8-40(37)28-41/h3-26,28-29,31-32,36,44-45H,27,30,33-35H2,1-2H3. The molecule has 5 aliphatic rings. The van der Waals surface area contributed by atoms with Crippen molar-refractivity contribution in [3.8, 4) is 33.4 Å². The minimum atomic E-state index is -0.174. The molecule has 294 valence electrons. The second-order valence-electron chi connectivity index (χ2n) is 19.9. The first kappa shape index (κ1) is 34.3. The molecule has 8 aromatic carbocycles. The lowest BCUT2D eigenvalue weighted by atomic mass is 9.31. The van der Waals surface area contributed by atoms with Crippen LogP contribution in [-0.2, 0) is 10.8 Å². The second kappa shape index (κ2) is 11.9. The van der Waals surface area contributed by atoms with Crippen LogP contribution in [0.3, 0.4) is 0 Å². The Balaban J connectivity index is 0.831. The first-order valence-corrected chi connectivity index (χ1v) is 22.6. The Hall–Kier alpha value is -6.38. The summed E-state index contributed by atoms with van der Waals surface area (Å²) in [7, 11) is 0. The minimum absolute atomic E-state index is 0.174. The van der Waals surface area contributed by atoms with Gasteiger partial charge in [0, 0.05) is 44.7 Å². The van der Waals surface area contributed by atoms with Gasteiger partial charge in [0.1, 0.15) is 11.2 Å². The van der Waals surface area contributed by atoms with Gasteiger partial charge in [-0.15, -0.1) is 0 Å². The van der Waals surface area contributed by atoms with Crippen molar-refractivity contribution >= 4 is 49.8 Å². The summed E-state index contributed by atoms with van der Waals surface area (Å²) < 4.78 is 6.46. The van der Waals surface area contributed by atoms with E-state index in [2.05, 4.69) is 183 Å². The summed E-state index contributed by atoms with van der Waals surface area (Å²) in [6.07, 6.45) is 7.42. The molecular formula is C59H47NO. The largest absolute Gasteiger partial charge is 0.456 e. The lowest BCUT2D eigenvalue weighted by Crippen LogP contribution is -2.68. The Morgan fingerprint density at radius 2 is 1.11 bits per heavy atom. The Kier molecular flexibility index (Phi) is 6.71. The summed E-state index contributed by atoms with van der Waals surface area (Å²) in [5.74, 6) is 3.01. The van der Waals surface area contributed by atoms with Crippen LogP contribution in [0.1, 0.15) is 62.6 Å². The monoisotopic (exact) mass is 785 g/mol. The third-order valence-corrected chi connectivity index (χ3v) is 16.9. The van der Waals surface area contributed by atoms with Crippen LogP contribution in [-0.4, -0.2) is 0 Å². The molecule has 2 heteroatoms. The van der Waals surface area contributed by atoms with E-state index < -0.39 is 0 Å². The third-order valence-electron chi connectivity index (χ3n) is 16.9. The number of hydrogen-bond acceptors (Lipinski definition) is 2. The molecule has 0 N–H and O–H groups in total. The molecule has 14 rings (SSSR count). The zero-order valence-electron chi connectivity index (χ0n) is 34.8. The van der Waals surface area contributed by atoms with Crippen molar-refractivity contribution in [1.29, 1.82) is 0 Å². The first-order chi connectivity index (χ1) is 29.9. The maximum Gasteiger partial charge on any atom is 0.137 e. The molecule has 0 amide bonds. The molecule has 2 nitrogen and oxygen atoms in total. The van der Waals surface area contributed by atoms with Crippen LogP contribution >= 0.6 is 0 Å².